The number of hydrogen-bond donors (Lipinski definition) is 2. The number of nitro groups is 1. The van der Waals surface area contributed by atoms with Gasteiger partial charge >= 0.3 is 5.97 Å². The van der Waals surface area contributed by atoms with Gasteiger partial charge in [0.05, 0.1) is 29.2 Å². The van der Waals surface area contributed by atoms with E-state index in [4.69, 9.17) is 4.74 Å². The van der Waals surface area contributed by atoms with Gasteiger partial charge in [-0.05, 0) is 53.1 Å². The minimum Gasteiger partial charge on any atom is -0.423 e. The van der Waals surface area contributed by atoms with Gasteiger partial charge in [-0.25, -0.2) is 10.2 Å². The van der Waals surface area contributed by atoms with Crippen molar-refractivity contribution in [2.24, 2.45) is 5.10 Å². The number of nitrogens with one attached hydrogen (secondary N) is 2. The van der Waals surface area contributed by atoms with E-state index in [1.807, 2.05) is 60.7 Å². The van der Waals surface area contributed by atoms with Gasteiger partial charge < -0.3 is 10.1 Å². The number of non-ortho nitro benzene ring substituents is 1. The second-order valence-electron chi connectivity index (χ2n) is 8.53. The molecule has 40 heavy (non-hydrogen) atoms. The number of nitro benzene ring substituents is 1. The summed E-state index contributed by atoms with van der Waals surface area (Å²) in [5, 5.41) is 17.3. The lowest BCUT2D eigenvalue weighted by Crippen LogP contribution is -2.37. The maximum Gasteiger partial charge on any atom is 0.343 e. The molecule has 0 fully saturated rings. The van der Waals surface area contributed by atoms with E-state index in [1.165, 1.54) is 30.5 Å². The molecule has 0 aliphatic carbocycles. The van der Waals surface area contributed by atoms with Crippen molar-refractivity contribution in [1.29, 1.82) is 0 Å². The first-order valence-corrected chi connectivity index (χ1v) is 12.2. The van der Waals surface area contributed by atoms with Crippen molar-refractivity contribution in [1.82, 2.24) is 10.7 Å². The van der Waals surface area contributed by atoms with Crippen LogP contribution >= 0.6 is 0 Å². The van der Waals surface area contributed by atoms with E-state index in [1.54, 1.807) is 24.3 Å². The quantitative estimate of drug-likeness (QED) is 0.102. The molecule has 4 aromatic rings. The predicted octanol–water partition coefficient (Wildman–Crippen LogP) is 4.21. The largest absolute Gasteiger partial charge is 0.423 e. The Kier molecular flexibility index (Phi) is 9.07. The first-order valence-electron chi connectivity index (χ1n) is 12.2. The third-order valence-corrected chi connectivity index (χ3v) is 5.76. The molecule has 10 nitrogen and oxygen atoms in total. The highest BCUT2D eigenvalue weighted by Gasteiger charge is 2.22. The molecule has 0 saturated carbocycles. The Hall–Kier alpha value is -5.64. The molecule has 0 atom stereocenters. The average molecular weight is 537 g/mol. The highest BCUT2D eigenvalue weighted by molar-refractivity contribution is 5.92. The van der Waals surface area contributed by atoms with Gasteiger partial charge in [0.1, 0.15) is 5.75 Å². The molecular formula is C30H24N4O6. The van der Waals surface area contributed by atoms with E-state index in [-0.39, 0.29) is 29.5 Å². The highest BCUT2D eigenvalue weighted by atomic mass is 16.6. The molecule has 0 bridgehead atoms. The zero-order valence-electron chi connectivity index (χ0n) is 21.1. The van der Waals surface area contributed by atoms with Crippen molar-refractivity contribution >= 4 is 29.7 Å². The number of hydrazone groups is 1. The van der Waals surface area contributed by atoms with Crippen LogP contribution in [0.1, 0.15) is 33.0 Å². The summed E-state index contributed by atoms with van der Waals surface area (Å²) in [6.45, 7) is -0.260. The molecule has 0 unspecified atom stereocenters. The topological polar surface area (TPSA) is 140 Å². The van der Waals surface area contributed by atoms with Crippen LogP contribution in [0.15, 0.2) is 114 Å². The smallest absolute Gasteiger partial charge is 0.343 e. The van der Waals surface area contributed by atoms with E-state index < -0.39 is 22.7 Å². The second-order valence-corrected chi connectivity index (χ2v) is 8.53. The normalized spacial score (nSPS) is 10.7. The highest BCUT2D eigenvalue weighted by Crippen LogP contribution is 2.24. The number of hydrogen-bond acceptors (Lipinski definition) is 7. The van der Waals surface area contributed by atoms with E-state index in [0.29, 0.717) is 5.56 Å². The van der Waals surface area contributed by atoms with E-state index in [0.717, 1.165) is 11.1 Å². The second kappa shape index (κ2) is 13.2. The van der Waals surface area contributed by atoms with Crippen LogP contribution in [-0.2, 0) is 9.59 Å². The number of ether oxygens (including phenoxy) is 1. The summed E-state index contributed by atoms with van der Waals surface area (Å²) in [5.74, 6) is -1.77. The van der Waals surface area contributed by atoms with Crippen molar-refractivity contribution in [2.75, 3.05) is 6.54 Å². The standard InChI is InChI=1S/C30H24N4O6/c35-27(20-31-29(36)28(22-7-3-1-4-8-22)23-9-5-2-6-10-23)33-32-19-21-11-17-26(18-12-21)40-30(37)24-13-15-25(16-14-24)34(38)39/h1-19,28H,20H2,(H,31,36)(H,33,35)/b32-19+. The Labute approximate surface area is 229 Å². The predicted molar refractivity (Wildman–Crippen MR) is 148 cm³/mol. The molecule has 4 rings (SSSR count). The molecule has 10 heteroatoms. The van der Waals surface area contributed by atoms with Crippen molar-refractivity contribution < 1.29 is 24.0 Å². The Bertz CT molecular complexity index is 1470. The maximum atomic E-state index is 13.0. The molecule has 0 aromatic heterocycles. The lowest BCUT2D eigenvalue weighted by Gasteiger charge is -2.17. The van der Waals surface area contributed by atoms with Crippen molar-refractivity contribution in [3.63, 3.8) is 0 Å². The fourth-order valence-electron chi connectivity index (χ4n) is 3.78. The van der Waals surface area contributed by atoms with Gasteiger partial charge in [0.15, 0.2) is 0 Å². The fourth-order valence-corrected chi connectivity index (χ4v) is 3.78. The number of amides is 2. The first-order chi connectivity index (χ1) is 19.4. The lowest BCUT2D eigenvalue weighted by atomic mass is 9.90. The molecule has 0 spiro atoms. The molecule has 0 aliphatic heterocycles. The lowest BCUT2D eigenvalue weighted by molar-refractivity contribution is -0.384. The minimum atomic E-state index is -0.660. The number of nitrogens with zero attached hydrogens (tertiary/aromatic N) is 2. The fraction of sp³-hybridized carbons (Fsp3) is 0.0667. The first kappa shape index (κ1) is 27.4. The van der Waals surface area contributed by atoms with Crippen LogP contribution in [-0.4, -0.2) is 35.5 Å². The number of carbonyl (C=O) groups is 3. The van der Waals surface area contributed by atoms with Crippen LogP contribution in [0.5, 0.6) is 5.75 Å². The summed E-state index contributed by atoms with van der Waals surface area (Å²) in [7, 11) is 0. The van der Waals surface area contributed by atoms with E-state index in [2.05, 4.69) is 15.8 Å². The van der Waals surface area contributed by atoms with Gasteiger partial charge in [0.25, 0.3) is 11.6 Å². The molecule has 0 radical (unpaired) electrons. The summed E-state index contributed by atoms with van der Waals surface area (Å²) in [5.41, 5.74) is 4.65. The Morgan fingerprint density at radius 3 is 1.95 bits per heavy atom. The van der Waals surface area contributed by atoms with Crippen molar-refractivity contribution in [3.05, 3.63) is 142 Å². The van der Waals surface area contributed by atoms with Gasteiger partial charge in [-0.15, -0.1) is 0 Å². The van der Waals surface area contributed by atoms with Gasteiger partial charge in [-0.2, -0.15) is 5.10 Å². The average Bonchev–Trinajstić information content (AvgIpc) is 2.98. The summed E-state index contributed by atoms with van der Waals surface area (Å²) in [6.07, 6.45) is 1.40. The number of esters is 1. The third kappa shape index (κ3) is 7.45. The SMILES string of the molecule is O=C(CNC(=O)C(c1ccccc1)c1ccccc1)N/N=C/c1ccc(OC(=O)c2ccc([N+](=O)[O-])cc2)cc1. The zero-order chi connectivity index (χ0) is 28.3. The van der Waals surface area contributed by atoms with Crippen LogP contribution in [0.2, 0.25) is 0 Å². The van der Waals surface area contributed by atoms with Crippen molar-refractivity contribution in [3.8, 4) is 5.75 Å². The molecular weight excluding hydrogens is 512 g/mol. The molecule has 2 N–H and O–H groups in total. The number of benzene rings is 4. The zero-order valence-corrected chi connectivity index (χ0v) is 21.1. The van der Waals surface area contributed by atoms with Gasteiger partial charge in [-0.1, -0.05) is 60.7 Å². The van der Waals surface area contributed by atoms with Crippen LogP contribution < -0.4 is 15.5 Å². The molecule has 0 saturated heterocycles. The summed E-state index contributed by atoms with van der Waals surface area (Å²) in [4.78, 5) is 47.7. The molecule has 0 heterocycles. The Balaban J connectivity index is 1.27. The Morgan fingerprint density at radius 2 is 1.40 bits per heavy atom. The van der Waals surface area contributed by atoms with E-state index in [9.17, 15) is 24.5 Å². The van der Waals surface area contributed by atoms with Crippen LogP contribution in [0.3, 0.4) is 0 Å². The Morgan fingerprint density at radius 1 is 0.825 bits per heavy atom. The van der Waals surface area contributed by atoms with Gasteiger partial charge in [-0.3, -0.25) is 19.7 Å². The minimum absolute atomic E-state index is 0.127. The summed E-state index contributed by atoms with van der Waals surface area (Å²) in [6, 6.07) is 30.0. The van der Waals surface area contributed by atoms with E-state index >= 15 is 0 Å². The van der Waals surface area contributed by atoms with Gasteiger partial charge in [0.2, 0.25) is 5.91 Å². The van der Waals surface area contributed by atoms with Crippen LogP contribution in [0.4, 0.5) is 5.69 Å². The molecule has 200 valence electrons. The number of carbonyl (C=O) groups excluding carboxylic acids is 3. The molecule has 4 aromatic carbocycles. The monoisotopic (exact) mass is 536 g/mol. The van der Waals surface area contributed by atoms with Crippen LogP contribution in [0.25, 0.3) is 0 Å². The van der Waals surface area contributed by atoms with Crippen molar-refractivity contribution in [2.45, 2.75) is 5.92 Å². The van der Waals surface area contributed by atoms with Gasteiger partial charge in [0, 0.05) is 12.1 Å². The number of rotatable bonds is 10. The van der Waals surface area contributed by atoms with Crippen LogP contribution in [0, 0.1) is 10.1 Å². The molecule has 2 amide bonds. The maximum absolute atomic E-state index is 13.0. The third-order valence-electron chi connectivity index (χ3n) is 5.76. The molecule has 0 aliphatic rings. The summed E-state index contributed by atoms with van der Waals surface area (Å²) < 4.78 is 5.27. The summed E-state index contributed by atoms with van der Waals surface area (Å²) >= 11 is 0.